The molecule has 1 saturated heterocycles. The smallest absolute Gasteiger partial charge is 0.160 e. The molecule has 37 heavy (non-hydrogen) atoms. The van der Waals surface area contributed by atoms with Crippen LogP contribution in [0.2, 0.25) is 0 Å². The van der Waals surface area contributed by atoms with E-state index in [1.807, 2.05) is 20.8 Å². The fourth-order valence-corrected chi connectivity index (χ4v) is 4.49. The molecule has 0 amide bonds. The lowest BCUT2D eigenvalue weighted by atomic mass is 9.82. The highest BCUT2D eigenvalue weighted by Gasteiger charge is 2.28. The first-order valence-corrected chi connectivity index (χ1v) is 13.5. The second kappa shape index (κ2) is 14.6. The molecule has 2 atom stereocenters. The zero-order valence-electron chi connectivity index (χ0n) is 24.9. The molecule has 4 heteroatoms. The van der Waals surface area contributed by atoms with E-state index in [-0.39, 0.29) is 5.41 Å². The minimum absolute atomic E-state index is 0.182. The van der Waals surface area contributed by atoms with Crippen molar-refractivity contribution in [2.45, 2.75) is 107 Å². The summed E-state index contributed by atoms with van der Waals surface area (Å²) in [6.07, 6.45) is 3.18. The molecule has 0 radical (unpaired) electrons. The van der Waals surface area contributed by atoms with Gasteiger partial charge in [-0.15, -0.1) is 0 Å². The van der Waals surface area contributed by atoms with Crippen molar-refractivity contribution in [3.8, 4) is 0 Å². The SMILES string of the molecule is CC(C)(C)C(F)C=O.CC(C)(C)CC=O.Cc1cc(C)cc(C(c2cc(C)cc(C)c2)[C@@H]2CCCN2)c1. The number of aryl methyl sites for hydroxylation is 4. The van der Waals surface area contributed by atoms with E-state index < -0.39 is 11.6 Å². The lowest BCUT2D eigenvalue weighted by Crippen LogP contribution is -2.30. The Labute approximate surface area is 225 Å². The van der Waals surface area contributed by atoms with E-state index in [2.05, 4.69) is 69.4 Å². The lowest BCUT2D eigenvalue weighted by molar-refractivity contribution is -0.115. The third-order valence-corrected chi connectivity index (χ3v) is 6.35. The Hall–Kier alpha value is -2.33. The van der Waals surface area contributed by atoms with Crippen LogP contribution in [-0.4, -0.2) is 31.3 Å². The van der Waals surface area contributed by atoms with Crippen LogP contribution in [-0.2, 0) is 9.59 Å². The van der Waals surface area contributed by atoms with Crippen LogP contribution in [0, 0.1) is 38.5 Å². The van der Waals surface area contributed by atoms with Crippen molar-refractivity contribution in [3.05, 3.63) is 69.8 Å². The first-order chi connectivity index (χ1) is 17.1. The molecular weight excluding hydrogens is 461 g/mol. The summed E-state index contributed by atoms with van der Waals surface area (Å²) >= 11 is 0. The number of carbonyl (C=O) groups is 2. The summed E-state index contributed by atoms with van der Waals surface area (Å²) < 4.78 is 12.3. The Morgan fingerprint density at radius 2 is 1.27 bits per heavy atom. The molecule has 3 rings (SSSR count). The van der Waals surface area contributed by atoms with E-state index in [0.717, 1.165) is 12.8 Å². The molecule has 0 aromatic heterocycles. The molecule has 206 valence electrons. The molecule has 0 spiro atoms. The number of hydrogen-bond acceptors (Lipinski definition) is 3. The van der Waals surface area contributed by atoms with Gasteiger partial charge in [-0.1, -0.05) is 100 Å². The molecule has 1 aliphatic rings. The molecule has 3 nitrogen and oxygen atoms in total. The summed E-state index contributed by atoms with van der Waals surface area (Å²) in [5, 5.41) is 3.73. The maximum atomic E-state index is 12.3. The largest absolute Gasteiger partial charge is 0.313 e. The number of nitrogens with one attached hydrogen (secondary N) is 1. The topological polar surface area (TPSA) is 46.2 Å². The molecule has 1 heterocycles. The van der Waals surface area contributed by atoms with Crippen LogP contribution < -0.4 is 5.32 Å². The van der Waals surface area contributed by atoms with Gasteiger partial charge in [-0.2, -0.15) is 0 Å². The normalized spacial score (nSPS) is 16.3. The Morgan fingerprint density at radius 3 is 1.49 bits per heavy atom. The van der Waals surface area contributed by atoms with E-state index >= 15 is 0 Å². The number of benzene rings is 2. The fraction of sp³-hybridized carbons (Fsp3) is 0.576. The van der Waals surface area contributed by atoms with E-state index in [1.165, 1.54) is 46.2 Å². The van der Waals surface area contributed by atoms with Crippen LogP contribution in [0.15, 0.2) is 36.4 Å². The van der Waals surface area contributed by atoms with Gasteiger partial charge in [0.25, 0.3) is 0 Å². The third kappa shape index (κ3) is 12.2. The third-order valence-electron chi connectivity index (χ3n) is 6.35. The molecular formula is C33H50FNO2. The molecule has 1 aliphatic heterocycles. The molecule has 0 aliphatic carbocycles. The highest BCUT2D eigenvalue weighted by molar-refractivity contribution is 5.57. The Kier molecular flexibility index (Phi) is 12.9. The van der Waals surface area contributed by atoms with Crippen molar-refractivity contribution in [1.82, 2.24) is 5.32 Å². The van der Waals surface area contributed by atoms with Gasteiger partial charge < -0.3 is 14.9 Å². The average Bonchev–Trinajstić information content (AvgIpc) is 3.25. The van der Waals surface area contributed by atoms with Crippen molar-refractivity contribution in [2.24, 2.45) is 10.8 Å². The first kappa shape index (κ1) is 32.7. The Balaban J connectivity index is 0.000000378. The Morgan fingerprint density at radius 1 is 0.838 bits per heavy atom. The highest BCUT2D eigenvalue weighted by Crippen LogP contribution is 2.34. The van der Waals surface area contributed by atoms with Gasteiger partial charge in [0.05, 0.1) is 0 Å². The van der Waals surface area contributed by atoms with Crippen LogP contribution in [0.3, 0.4) is 0 Å². The molecule has 2 aromatic rings. The van der Waals surface area contributed by atoms with Gasteiger partial charge in [0.15, 0.2) is 12.5 Å². The molecule has 1 fully saturated rings. The number of hydrogen-bond donors (Lipinski definition) is 1. The predicted octanol–water partition coefficient (Wildman–Crippen LogP) is 8.00. The van der Waals surface area contributed by atoms with Crippen molar-refractivity contribution >= 4 is 12.6 Å². The zero-order chi connectivity index (χ0) is 28.4. The minimum Gasteiger partial charge on any atom is -0.313 e. The molecule has 0 saturated carbocycles. The van der Waals surface area contributed by atoms with Crippen molar-refractivity contribution < 1.29 is 14.0 Å². The second-order valence-electron chi connectivity index (χ2n) is 12.9. The van der Waals surface area contributed by atoms with Gasteiger partial charge in [0, 0.05) is 23.8 Å². The quantitative estimate of drug-likeness (QED) is 0.414. The summed E-state index contributed by atoms with van der Waals surface area (Å²) in [6, 6.07) is 14.6. The van der Waals surface area contributed by atoms with Gasteiger partial charge in [-0.05, 0) is 63.6 Å². The summed E-state index contributed by atoms with van der Waals surface area (Å²) in [6.45, 7) is 21.2. The van der Waals surface area contributed by atoms with Crippen LogP contribution in [0.4, 0.5) is 4.39 Å². The van der Waals surface area contributed by atoms with Gasteiger partial charge >= 0.3 is 0 Å². The average molecular weight is 512 g/mol. The van der Waals surface area contributed by atoms with Crippen LogP contribution in [0.5, 0.6) is 0 Å². The number of carbonyl (C=O) groups excluding carboxylic acids is 2. The second-order valence-corrected chi connectivity index (χ2v) is 12.9. The van der Waals surface area contributed by atoms with Crippen LogP contribution >= 0.6 is 0 Å². The molecule has 0 bridgehead atoms. The van der Waals surface area contributed by atoms with Crippen molar-refractivity contribution in [3.63, 3.8) is 0 Å². The lowest BCUT2D eigenvalue weighted by Gasteiger charge is -2.26. The molecule has 1 unspecified atom stereocenters. The van der Waals surface area contributed by atoms with Crippen LogP contribution in [0.25, 0.3) is 0 Å². The van der Waals surface area contributed by atoms with Crippen molar-refractivity contribution in [2.75, 3.05) is 6.54 Å². The van der Waals surface area contributed by atoms with Crippen LogP contribution in [0.1, 0.15) is 100 Å². The predicted molar refractivity (Wildman–Crippen MR) is 155 cm³/mol. The van der Waals surface area contributed by atoms with Gasteiger partial charge in [0.2, 0.25) is 0 Å². The fourth-order valence-electron chi connectivity index (χ4n) is 4.49. The van der Waals surface area contributed by atoms with E-state index in [9.17, 15) is 14.0 Å². The summed E-state index contributed by atoms with van der Waals surface area (Å²) in [4.78, 5) is 19.6. The number of aldehydes is 2. The number of alkyl halides is 1. The summed E-state index contributed by atoms with van der Waals surface area (Å²) in [7, 11) is 0. The Bertz CT molecular complexity index is 902. The maximum Gasteiger partial charge on any atom is 0.160 e. The standard InChI is InChI=1S/C21H27N.C6H11FO.C6H12O/c1-14-8-15(2)11-18(10-14)21(20-6-5-7-22-20)19-12-16(3)9-17(4)13-19;1-6(2,3)5(7)4-8;1-6(2,3)4-5-7/h8-13,20-22H,5-7H2,1-4H3;4-5H,1-3H3;5H,4H2,1-3H3/t20-;;/m0../s1. The summed E-state index contributed by atoms with van der Waals surface area (Å²) in [5.74, 6) is 0.458. The van der Waals surface area contributed by atoms with Gasteiger partial charge in [0.1, 0.15) is 6.29 Å². The van der Waals surface area contributed by atoms with Gasteiger partial charge in [-0.25, -0.2) is 4.39 Å². The first-order valence-electron chi connectivity index (χ1n) is 13.5. The van der Waals surface area contributed by atoms with E-state index in [1.54, 1.807) is 20.8 Å². The number of halogens is 1. The van der Waals surface area contributed by atoms with Gasteiger partial charge in [-0.3, -0.25) is 0 Å². The zero-order valence-corrected chi connectivity index (χ0v) is 24.9. The highest BCUT2D eigenvalue weighted by atomic mass is 19.1. The molecule has 1 N–H and O–H groups in total. The minimum atomic E-state index is -1.33. The molecule has 2 aromatic carbocycles. The van der Waals surface area contributed by atoms with E-state index in [4.69, 9.17) is 0 Å². The maximum absolute atomic E-state index is 12.3. The summed E-state index contributed by atoms with van der Waals surface area (Å²) in [5.41, 5.74) is 8.03. The van der Waals surface area contributed by atoms with E-state index in [0.29, 0.717) is 24.7 Å². The number of rotatable bonds is 5. The van der Waals surface area contributed by atoms with Crippen molar-refractivity contribution in [1.29, 1.82) is 0 Å². The monoisotopic (exact) mass is 511 g/mol.